The number of aliphatic carboxylic acids is 4. The van der Waals surface area contributed by atoms with Crippen LogP contribution < -0.4 is 21.3 Å². The molecule has 17 nitrogen and oxygen atoms in total. The summed E-state index contributed by atoms with van der Waals surface area (Å²) in [7, 11) is 0. The van der Waals surface area contributed by atoms with Crippen molar-refractivity contribution in [1.82, 2.24) is 21.3 Å². The molecule has 0 aliphatic rings. The number of unbranched alkanes of at least 4 members (excludes halogenated alkanes) is 14. The number of hydrogen-bond acceptors (Lipinski definition) is 9. The fraction of sp³-hybridized carbons (Fsp3) is 0.780. The second-order valence-corrected chi connectivity index (χ2v) is 15.2. The van der Waals surface area contributed by atoms with E-state index in [0.29, 0.717) is 25.8 Å². The topological polar surface area (TPSA) is 283 Å². The van der Waals surface area contributed by atoms with Crippen LogP contribution in [0.3, 0.4) is 0 Å². The lowest BCUT2D eigenvalue weighted by Gasteiger charge is -2.18. The van der Waals surface area contributed by atoms with Gasteiger partial charge < -0.3 is 41.7 Å². The summed E-state index contributed by atoms with van der Waals surface area (Å²) >= 11 is 0. The van der Waals surface area contributed by atoms with Gasteiger partial charge in [-0.15, -0.1) is 0 Å². The molecule has 0 saturated heterocycles. The Morgan fingerprint density at radius 3 is 1.07 bits per heavy atom. The molecule has 0 aliphatic heterocycles. The fourth-order valence-corrected chi connectivity index (χ4v) is 6.18. The highest BCUT2D eigenvalue weighted by atomic mass is 16.4. The van der Waals surface area contributed by atoms with Gasteiger partial charge in [-0.1, -0.05) is 90.4 Å². The van der Waals surface area contributed by atoms with E-state index in [-0.39, 0.29) is 50.2 Å². The van der Waals surface area contributed by atoms with E-state index < -0.39 is 78.5 Å². The Balaban J connectivity index is 4.35. The lowest BCUT2D eigenvalue weighted by molar-refractivity contribution is -0.144. The molecule has 0 spiro atoms. The van der Waals surface area contributed by atoms with Crippen LogP contribution in [-0.4, -0.2) is 98.4 Å². The summed E-state index contributed by atoms with van der Waals surface area (Å²) in [6, 6.07) is -4.29. The van der Waals surface area contributed by atoms with Gasteiger partial charge in [-0.05, 0) is 51.9 Å². The number of carbonyl (C=O) groups is 9. The lowest BCUT2D eigenvalue weighted by atomic mass is 10.0. The number of nitrogens with one attached hydrogen (secondary N) is 4. The van der Waals surface area contributed by atoms with Crippen molar-refractivity contribution in [2.45, 2.75) is 192 Å². The summed E-state index contributed by atoms with van der Waals surface area (Å²) in [4.78, 5) is 107. The van der Waals surface area contributed by atoms with E-state index >= 15 is 0 Å². The highest BCUT2D eigenvalue weighted by molar-refractivity contribution is 5.87. The first-order valence-electron chi connectivity index (χ1n) is 21.1. The third kappa shape index (κ3) is 30.6. The smallest absolute Gasteiger partial charge is 0.326 e. The molecule has 0 heterocycles. The van der Waals surface area contributed by atoms with Crippen LogP contribution in [0.4, 0.5) is 0 Å². The van der Waals surface area contributed by atoms with Crippen molar-refractivity contribution in [3.05, 3.63) is 0 Å². The quantitative estimate of drug-likeness (QED) is 0.0386. The van der Waals surface area contributed by atoms with E-state index in [2.05, 4.69) is 21.3 Å². The molecule has 0 aromatic carbocycles. The van der Waals surface area contributed by atoms with Crippen molar-refractivity contribution in [2.24, 2.45) is 5.92 Å². The molecule has 0 aliphatic carbocycles. The van der Waals surface area contributed by atoms with Gasteiger partial charge in [0.25, 0.3) is 0 Å². The molecule has 0 aromatic heterocycles. The Morgan fingerprint density at radius 1 is 0.397 bits per heavy atom. The fourth-order valence-electron chi connectivity index (χ4n) is 6.18. The van der Waals surface area contributed by atoms with Crippen molar-refractivity contribution in [3.8, 4) is 0 Å². The second kappa shape index (κ2) is 33.4. The number of hydrogen-bond donors (Lipinski definition) is 8. The maximum Gasteiger partial charge on any atom is 0.326 e. The molecule has 0 rings (SSSR count). The molecule has 0 aromatic rings. The van der Waals surface area contributed by atoms with E-state index in [1.807, 2.05) is 6.92 Å². The molecule has 1 unspecified atom stereocenters. The van der Waals surface area contributed by atoms with Gasteiger partial charge in [0.05, 0.1) is 0 Å². The average molecular weight is 827 g/mol. The van der Waals surface area contributed by atoms with Crippen LogP contribution in [0.25, 0.3) is 0 Å². The van der Waals surface area contributed by atoms with Crippen molar-refractivity contribution in [3.63, 3.8) is 0 Å². The SMILES string of the molecule is CC(=O)[C@@H](C)CCCCNC(=O)CC[C@H](NC(=O)CCC(NC(=O)CC[C@H](NC(=O)CCCCCCCCCCCCCCCCC(=O)O)C(=O)O)C(=O)O)C(=O)O. The van der Waals surface area contributed by atoms with Crippen LogP contribution in [0, 0.1) is 5.92 Å². The zero-order chi connectivity index (χ0) is 43.7. The molecule has 4 atom stereocenters. The number of Topliss-reactive ketones (excluding diaryl/α,β-unsaturated/α-hetero) is 1. The van der Waals surface area contributed by atoms with Crippen molar-refractivity contribution in [1.29, 1.82) is 0 Å². The molecule has 0 bridgehead atoms. The highest BCUT2D eigenvalue weighted by Gasteiger charge is 2.26. The van der Waals surface area contributed by atoms with Crippen molar-refractivity contribution < 1.29 is 63.6 Å². The summed E-state index contributed by atoms with van der Waals surface area (Å²) in [6.45, 7) is 3.71. The Kier molecular flexibility index (Phi) is 30.8. The first-order chi connectivity index (χ1) is 27.5. The number of carboxylic acid groups (broad SMARTS) is 4. The van der Waals surface area contributed by atoms with E-state index in [9.17, 15) is 58.5 Å². The molecule has 17 heteroatoms. The average Bonchev–Trinajstić information content (AvgIpc) is 3.15. The number of ketones is 1. The molecular formula is C41H70N4O13. The molecule has 0 fully saturated rings. The predicted octanol–water partition coefficient (Wildman–Crippen LogP) is 4.87. The molecular weight excluding hydrogens is 756 g/mol. The molecule has 0 radical (unpaired) electrons. The zero-order valence-corrected chi connectivity index (χ0v) is 34.7. The monoisotopic (exact) mass is 826 g/mol. The Labute approximate surface area is 342 Å². The van der Waals surface area contributed by atoms with Gasteiger partial charge in [0.15, 0.2) is 0 Å². The lowest BCUT2D eigenvalue weighted by Crippen LogP contribution is -2.45. The van der Waals surface area contributed by atoms with Crippen LogP contribution >= 0.6 is 0 Å². The normalized spacial score (nSPS) is 13.0. The number of rotatable bonds is 38. The first kappa shape index (κ1) is 53.4. The van der Waals surface area contributed by atoms with Gasteiger partial charge in [0, 0.05) is 44.6 Å². The highest BCUT2D eigenvalue weighted by Crippen LogP contribution is 2.14. The standard InChI is InChI=1S/C41H70N4O13/c1-29(30(2)46)19-17-18-28-42-34(47)25-22-31(39(53)54)44-36(49)27-24-33(41(57)58)45-37(50)26-23-32(40(55)56)43-35(48)20-15-13-11-9-7-5-3-4-6-8-10-12-14-16-21-38(51)52/h29,31-33H,3-28H2,1-2H3,(H,42,47)(H,43,48)(H,44,49)(H,45,50)(H,51,52)(H,53,54)(H,55,56)(H,57,58)/t29-,31-,32-,33?/m0/s1. The van der Waals surface area contributed by atoms with E-state index in [1.54, 1.807) is 0 Å². The van der Waals surface area contributed by atoms with Crippen LogP contribution in [0.2, 0.25) is 0 Å². The summed E-state index contributed by atoms with van der Waals surface area (Å²) in [5, 5.41) is 46.9. The minimum absolute atomic E-state index is 0.0590. The predicted molar refractivity (Wildman–Crippen MR) is 215 cm³/mol. The van der Waals surface area contributed by atoms with Crippen LogP contribution in [0.1, 0.15) is 174 Å². The van der Waals surface area contributed by atoms with Crippen LogP contribution in [0.5, 0.6) is 0 Å². The molecule has 4 amide bonds. The summed E-state index contributed by atoms with van der Waals surface area (Å²) < 4.78 is 0. The van der Waals surface area contributed by atoms with Crippen molar-refractivity contribution >= 4 is 53.3 Å². The van der Waals surface area contributed by atoms with Gasteiger partial charge in [-0.25, -0.2) is 14.4 Å². The van der Waals surface area contributed by atoms with Crippen LogP contribution in [0.15, 0.2) is 0 Å². The third-order valence-electron chi connectivity index (χ3n) is 10.0. The maximum atomic E-state index is 12.5. The minimum atomic E-state index is -1.53. The Bertz CT molecular complexity index is 1290. The zero-order valence-electron chi connectivity index (χ0n) is 34.7. The van der Waals surface area contributed by atoms with Gasteiger partial charge in [0.1, 0.15) is 23.9 Å². The van der Waals surface area contributed by atoms with E-state index in [1.165, 1.54) is 32.6 Å². The molecule has 8 N–H and O–H groups in total. The first-order valence-corrected chi connectivity index (χ1v) is 21.1. The summed E-state index contributed by atoms with van der Waals surface area (Å²) in [6.07, 6.45) is 14.9. The Morgan fingerprint density at radius 2 is 0.724 bits per heavy atom. The number of carbonyl (C=O) groups excluding carboxylic acids is 5. The van der Waals surface area contributed by atoms with Gasteiger partial charge in [-0.3, -0.25) is 28.8 Å². The largest absolute Gasteiger partial charge is 0.481 e. The minimum Gasteiger partial charge on any atom is -0.481 e. The second-order valence-electron chi connectivity index (χ2n) is 15.2. The van der Waals surface area contributed by atoms with E-state index in [0.717, 1.165) is 64.2 Å². The van der Waals surface area contributed by atoms with Gasteiger partial charge in [-0.2, -0.15) is 0 Å². The van der Waals surface area contributed by atoms with Gasteiger partial charge >= 0.3 is 23.9 Å². The third-order valence-corrected chi connectivity index (χ3v) is 10.0. The van der Waals surface area contributed by atoms with Crippen molar-refractivity contribution in [2.75, 3.05) is 6.54 Å². The number of amides is 4. The number of carboxylic acids is 4. The molecule has 332 valence electrons. The maximum absolute atomic E-state index is 12.5. The summed E-state index contributed by atoms with van der Waals surface area (Å²) in [5.74, 6) is -7.36. The molecule has 58 heavy (non-hydrogen) atoms. The Hall–Kier alpha value is -4.57. The van der Waals surface area contributed by atoms with E-state index in [4.69, 9.17) is 5.11 Å². The van der Waals surface area contributed by atoms with Gasteiger partial charge in [0.2, 0.25) is 23.6 Å². The summed E-state index contributed by atoms with van der Waals surface area (Å²) in [5.41, 5.74) is 0. The molecule has 0 saturated carbocycles. The van der Waals surface area contributed by atoms with Crippen LogP contribution in [-0.2, 0) is 43.2 Å².